The quantitative estimate of drug-likeness (QED) is 0.596. The number of aryl methyl sites for hydroxylation is 1. The van der Waals surface area contributed by atoms with Crippen LogP contribution in [0.5, 0.6) is 0 Å². The lowest BCUT2D eigenvalue weighted by molar-refractivity contribution is -0.116. The van der Waals surface area contributed by atoms with Crippen LogP contribution in [0.25, 0.3) is 6.08 Å². The first-order valence-electron chi connectivity index (χ1n) is 7.03. The van der Waals surface area contributed by atoms with E-state index in [1.807, 2.05) is 6.92 Å². The lowest BCUT2D eigenvalue weighted by Gasteiger charge is -2.07. The summed E-state index contributed by atoms with van der Waals surface area (Å²) in [5.41, 5.74) is 0.986. The topological polar surface area (TPSA) is 88.4 Å². The summed E-state index contributed by atoms with van der Waals surface area (Å²) in [4.78, 5) is 11.8. The van der Waals surface area contributed by atoms with Crippen molar-refractivity contribution in [2.45, 2.75) is 11.8 Å². The molecular weight excluding hydrogens is 316 g/mol. The van der Waals surface area contributed by atoms with Crippen molar-refractivity contribution in [1.29, 1.82) is 0 Å². The number of furan rings is 1. The summed E-state index contributed by atoms with van der Waals surface area (Å²) in [6.07, 6.45) is 4.37. The summed E-state index contributed by atoms with van der Waals surface area (Å²) in [5, 5.41) is 2.58. The van der Waals surface area contributed by atoms with Crippen LogP contribution < -0.4 is 10.0 Å². The van der Waals surface area contributed by atoms with Crippen molar-refractivity contribution in [3.8, 4) is 0 Å². The molecule has 1 heterocycles. The Morgan fingerprint density at radius 3 is 2.57 bits per heavy atom. The Hall–Kier alpha value is -2.38. The number of carbonyl (C=O) groups is 1. The van der Waals surface area contributed by atoms with Gasteiger partial charge in [-0.25, -0.2) is 13.1 Å². The molecule has 0 fully saturated rings. The molecule has 1 aromatic heterocycles. The molecule has 7 heteroatoms. The Kier molecular flexibility index (Phi) is 5.72. The van der Waals surface area contributed by atoms with Gasteiger partial charge in [0.2, 0.25) is 15.9 Å². The van der Waals surface area contributed by atoms with Crippen LogP contribution in [0, 0.1) is 6.92 Å². The molecular formula is C16H18N2O4S. The molecule has 0 aliphatic rings. The number of sulfonamides is 1. The first kappa shape index (κ1) is 17.0. The molecule has 1 amide bonds. The van der Waals surface area contributed by atoms with Crippen LogP contribution in [-0.4, -0.2) is 27.4 Å². The third-order valence-electron chi connectivity index (χ3n) is 2.99. The third-order valence-corrected chi connectivity index (χ3v) is 4.47. The first-order valence-corrected chi connectivity index (χ1v) is 8.51. The molecule has 0 aliphatic carbocycles. The number of nitrogens with one attached hydrogen (secondary N) is 2. The first-order chi connectivity index (χ1) is 11.0. The SMILES string of the molecule is Cc1ccc(S(=O)(=O)NCCNC(=O)/C=C/c2ccco2)cc1. The van der Waals surface area contributed by atoms with Crippen LogP contribution in [0.3, 0.4) is 0 Å². The number of rotatable bonds is 7. The van der Waals surface area contributed by atoms with Crippen molar-refractivity contribution in [1.82, 2.24) is 10.0 Å². The van der Waals surface area contributed by atoms with Gasteiger partial charge in [-0.05, 0) is 37.3 Å². The van der Waals surface area contributed by atoms with E-state index >= 15 is 0 Å². The van der Waals surface area contributed by atoms with E-state index in [1.54, 1.807) is 36.4 Å². The Balaban J connectivity index is 1.76. The van der Waals surface area contributed by atoms with Crippen LogP contribution >= 0.6 is 0 Å². The van der Waals surface area contributed by atoms with E-state index in [2.05, 4.69) is 10.0 Å². The normalized spacial score (nSPS) is 11.7. The molecule has 0 aliphatic heterocycles. The maximum Gasteiger partial charge on any atom is 0.244 e. The molecule has 2 aromatic rings. The van der Waals surface area contributed by atoms with Gasteiger partial charge in [0.15, 0.2) is 0 Å². The van der Waals surface area contributed by atoms with Gasteiger partial charge in [-0.3, -0.25) is 4.79 Å². The predicted octanol–water partition coefficient (Wildman–Crippen LogP) is 1.70. The Morgan fingerprint density at radius 1 is 1.17 bits per heavy atom. The summed E-state index contributed by atoms with van der Waals surface area (Å²) in [7, 11) is -3.56. The van der Waals surface area contributed by atoms with Gasteiger partial charge in [0.1, 0.15) is 5.76 Å². The maximum atomic E-state index is 12.0. The summed E-state index contributed by atoms with van der Waals surface area (Å²) in [5.74, 6) is 0.246. The summed E-state index contributed by atoms with van der Waals surface area (Å²) >= 11 is 0. The van der Waals surface area contributed by atoms with E-state index in [9.17, 15) is 13.2 Å². The highest BCUT2D eigenvalue weighted by Gasteiger charge is 2.12. The molecule has 0 atom stereocenters. The number of carbonyl (C=O) groups excluding carboxylic acids is 1. The minimum atomic E-state index is -3.56. The van der Waals surface area contributed by atoms with Gasteiger partial charge in [0, 0.05) is 19.2 Å². The van der Waals surface area contributed by atoms with Gasteiger partial charge in [0.25, 0.3) is 0 Å². The Bertz CT molecular complexity index is 763. The summed E-state index contributed by atoms with van der Waals surface area (Å²) in [6, 6.07) is 9.99. The van der Waals surface area contributed by atoms with Gasteiger partial charge in [-0.2, -0.15) is 0 Å². The maximum absolute atomic E-state index is 12.0. The predicted molar refractivity (Wildman–Crippen MR) is 87.1 cm³/mol. The minimum Gasteiger partial charge on any atom is -0.465 e. The molecule has 2 rings (SSSR count). The van der Waals surface area contributed by atoms with Crippen molar-refractivity contribution in [2.75, 3.05) is 13.1 Å². The van der Waals surface area contributed by atoms with Crippen molar-refractivity contribution in [2.24, 2.45) is 0 Å². The fourth-order valence-corrected chi connectivity index (χ4v) is 2.81. The molecule has 0 radical (unpaired) electrons. The average molecular weight is 334 g/mol. The lowest BCUT2D eigenvalue weighted by atomic mass is 10.2. The number of amides is 1. The lowest BCUT2D eigenvalue weighted by Crippen LogP contribution is -2.34. The zero-order chi connectivity index (χ0) is 16.7. The standard InChI is InChI=1S/C16H18N2O4S/c1-13-4-7-15(8-5-13)23(20,21)18-11-10-17-16(19)9-6-14-3-2-12-22-14/h2-9,12,18H,10-11H2,1H3,(H,17,19)/b9-6+. The van der Waals surface area contributed by atoms with Crippen LogP contribution in [0.15, 0.2) is 58.1 Å². The van der Waals surface area contributed by atoms with E-state index in [1.165, 1.54) is 18.4 Å². The van der Waals surface area contributed by atoms with E-state index < -0.39 is 10.0 Å². The monoisotopic (exact) mass is 334 g/mol. The van der Waals surface area contributed by atoms with Crippen molar-refractivity contribution < 1.29 is 17.6 Å². The zero-order valence-electron chi connectivity index (χ0n) is 12.7. The number of hydrogen-bond acceptors (Lipinski definition) is 4. The number of benzene rings is 1. The van der Waals surface area contributed by atoms with Gasteiger partial charge < -0.3 is 9.73 Å². The second kappa shape index (κ2) is 7.75. The molecule has 0 unspecified atom stereocenters. The van der Waals surface area contributed by atoms with Gasteiger partial charge in [-0.15, -0.1) is 0 Å². The molecule has 2 N–H and O–H groups in total. The van der Waals surface area contributed by atoms with Crippen LogP contribution in [0.2, 0.25) is 0 Å². The van der Waals surface area contributed by atoms with E-state index in [-0.39, 0.29) is 23.9 Å². The van der Waals surface area contributed by atoms with Crippen molar-refractivity contribution in [3.63, 3.8) is 0 Å². The zero-order valence-corrected chi connectivity index (χ0v) is 13.5. The molecule has 0 saturated heterocycles. The molecule has 0 saturated carbocycles. The second-order valence-corrected chi connectivity index (χ2v) is 6.62. The smallest absolute Gasteiger partial charge is 0.244 e. The molecule has 122 valence electrons. The van der Waals surface area contributed by atoms with E-state index in [0.29, 0.717) is 5.76 Å². The highest BCUT2D eigenvalue weighted by molar-refractivity contribution is 7.89. The van der Waals surface area contributed by atoms with Crippen LogP contribution in [-0.2, 0) is 14.8 Å². The molecule has 0 spiro atoms. The molecule has 0 bridgehead atoms. The highest BCUT2D eigenvalue weighted by atomic mass is 32.2. The Labute approximate surface area is 135 Å². The summed E-state index contributed by atoms with van der Waals surface area (Å²) in [6.45, 7) is 2.18. The minimum absolute atomic E-state index is 0.108. The fourth-order valence-electron chi connectivity index (χ4n) is 1.77. The average Bonchev–Trinajstić information content (AvgIpc) is 3.03. The Morgan fingerprint density at radius 2 is 1.91 bits per heavy atom. The van der Waals surface area contributed by atoms with E-state index in [0.717, 1.165) is 5.56 Å². The molecule has 6 nitrogen and oxygen atoms in total. The van der Waals surface area contributed by atoms with Crippen molar-refractivity contribution >= 4 is 22.0 Å². The van der Waals surface area contributed by atoms with Crippen LogP contribution in [0.1, 0.15) is 11.3 Å². The largest absolute Gasteiger partial charge is 0.465 e. The van der Waals surface area contributed by atoms with Crippen LogP contribution in [0.4, 0.5) is 0 Å². The van der Waals surface area contributed by atoms with Gasteiger partial charge in [-0.1, -0.05) is 17.7 Å². The fraction of sp³-hybridized carbons (Fsp3) is 0.188. The van der Waals surface area contributed by atoms with Gasteiger partial charge >= 0.3 is 0 Å². The van der Waals surface area contributed by atoms with E-state index in [4.69, 9.17) is 4.42 Å². The number of hydrogen-bond donors (Lipinski definition) is 2. The second-order valence-electron chi connectivity index (χ2n) is 4.85. The highest BCUT2D eigenvalue weighted by Crippen LogP contribution is 2.09. The van der Waals surface area contributed by atoms with Crippen molar-refractivity contribution in [3.05, 3.63) is 60.1 Å². The van der Waals surface area contributed by atoms with Gasteiger partial charge in [0.05, 0.1) is 11.2 Å². The summed E-state index contributed by atoms with van der Waals surface area (Å²) < 4.78 is 31.5. The molecule has 23 heavy (non-hydrogen) atoms. The molecule has 1 aromatic carbocycles. The third kappa shape index (κ3) is 5.39.